The molecule has 4 nitrogen and oxygen atoms in total. The molecule has 0 spiro atoms. The molecule has 96 valence electrons. The van der Waals surface area contributed by atoms with Gasteiger partial charge < -0.3 is 5.32 Å². The Labute approximate surface area is 116 Å². The minimum atomic E-state index is 0.671. The quantitative estimate of drug-likeness (QED) is 0.786. The lowest BCUT2D eigenvalue weighted by Gasteiger charge is -2.08. The molecule has 1 aromatic heterocycles. The van der Waals surface area contributed by atoms with Crippen LogP contribution in [-0.4, -0.2) is 10.2 Å². The normalized spacial score (nSPS) is 10.2. The number of aromatic nitrogens is 2. The number of hydrogen-bond acceptors (Lipinski definition) is 4. The number of rotatable bonds is 3. The second kappa shape index (κ2) is 5.37. The Morgan fingerprint density at radius 2 is 1.85 bits per heavy atom. The summed E-state index contributed by atoms with van der Waals surface area (Å²) in [5, 5.41) is 21.3. The van der Waals surface area contributed by atoms with Gasteiger partial charge >= 0.3 is 0 Å². The maximum Gasteiger partial charge on any atom is 0.0991 e. The lowest BCUT2D eigenvalue weighted by molar-refractivity contribution is 1.06. The van der Waals surface area contributed by atoms with Crippen LogP contribution in [0.2, 0.25) is 0 Å². The Morgan fingerprint density at radius 3 is 2.65 bits per heavy atom. The molecule has 0 amide bonds. The number of fused-ring (bicyclic) bond motifs is 1. The van der Waals surface area contributed by atoms with E-state index in [1.807, 2.05) is 48.5 Å². The molecule has 0 saturated carbocycles. The van der Waals surface area contributed by atoms with Crippen molar-refractivity contribution < 1.29 is 0 Å². The van der Waals surface area contributed by atoms with Crippen molar-refractivity contribution in [3.05, 3.63) is 65.9 Å². The van der Waals surface area contributed by atoms with E-state index >= 15 is 0 Å². The van der Waals surface area contributed by atoms with Gasteiger partial charge in [-0.25, -0.2) is 0 Å². The van der Waals surface area contributed by atoms with Crippen LogP contribution in [0.1, 0.15) is 11.1 Å². The number of anilines is 1. The first kappa shape index (κ1) is 12.1. The summed E-state index contributed by atoms with van der Waals surface area (Å²) in [6, 6.07) is 17.5. The zero-order chi connectivity index (χ0) is 13.8. The Hall–Kier alpha value is -2.93. The second-order valence-corrected chi connectivity index (χ2v) is 4.44. The van der Waals surface area contributed by atoms with Gasteiger partial charge in [-0.15, -0.1) is 0 Å². The molecule has 0 bridgehead atoms. The largest absolute Gasteiger partial charge is 0.379 e. The first-order valence-electron chi connectivity index (χ1n) is 6.30. The Bertz CT molecular complexity index is 767. The van der Waals surface area contributed by atoms with E-state index in [1.165, 1.54) is 0 Å². The highest BCUT2D eigenvalue weighted by Crippen LogP contribution is 2.20. The van der Waals surface area contributed by atoms with Crippen LogP contribution in [0.25, 0.3) is 10.9 Å². The molecular formula is C16H12N4. The predicted molar refractivity (Wildman–Crippen MR) is 78.0 cm³/mol. The summed E-state index contributed by atoms with van der Waals surface area (Å²) in [5.41, 5.74) is 3.62. The van der Waals surface area contributed by atoms with E-state index in [2.05, 4.69) is 21.6 Å². The van der Waals surface area contributed by atoms with Crippen molar-refractivity contribution in [2.75, 3.05) is 5.32 Å². The maximum atomic E-state index is 8.77. The van der Waals surface area contributed by atoms with E-state index in [0.29, 0.717) is 12.1 Å². The number of nitriles is 1. The van der Waals surface area contributed by atoms with Crippen LogP contribution in [0.3, 0.4) is 0 Å². The van der Waals surface area contributed by atoms with Crippen LogP contribution in [-0.2, 0) is 6.54 Å². The third-order valence-electron chi connectivity index (χ3n) is 3.11. The molecule has 20 heavy (non-hydrogen) atoms. The summed E-state index contributed by atoms with van der Waals surface area (Å²) in [6.07, 6.45) is 1.73. The first-order valence-corrected chi connectivity index (χ1v) is 6.30. The molecule has 1 heterocycles. The lowest BCUT2D eigenvalue weighted by atomic mass is 10.1. The minimum Gasteiger partial charge on any atom is -0.379 e. The van der Waals surface area contributed by atoms with E-state index in [-0.39, 0.29) is 0 Å². The van der Waals surface area contributed by atoms with Crippen molar-refractivity contribution in [1.82, 2.24) is 10.2 Å². The smallest absolute Gasteiger partial charge is 0.0991 e. The zero-order valence-electron chi connectivity index (χ0n) is 10.7. The molecule has 3 rings (SSSR count). The Morgan fingerprint density at radius 1 is 1.05 bits per heavy atom. The average Bonchev–Trinajstić information content (AvgIpc) is 2.53. The molecule has 0 saturated heterocycles. The van der Waals surface area contributed by atoms with E-state index in [9.17, 15) is 0 Å². The van der Waals surface area contributed by atoms with Crippen LogP contribution >= 0.6 is 0 Å². The van der Waals surface area contributed by atoms with E-state index in [4.69, 9.17) is 5.26 Å². The van der Waals surface area contributed by atoms with E-state index < -0.39 is 0 Å². The van der Waals surface area contributed by atoms with Crippen molar-refractivity contribution in [2.45, 2.75) is 6.54 Å². The average molecular weight is 260 g/mol. The van der Waals surface area contributed by atoms with Gasteiger partial charge in [0, 0.05) is 11.9 Å². The van der Waals surface area contributed by atoms with Crippen molar-refractivity contribution >= 4 is 16.6 Å². The van der Waals surface area contributed by atoms with Gasteiger partial charge in [0.25, 0.3) is 0 Å². The Balaban J connectivity index is 1.81. The van der Waals surface area contributed by atoms with Gasteiger partial charge in [-0.1, -0.05) is 30.3 Å². The fourth-order valence-electron chi connectivity index (χ4n) is 2.04. The standard InChI is InChI=1S/C16H12N4/c17-9-12-5-7-13(8-6-12)10-18-16-11-19-20-15-4-2-1-3-14(15)16/h1-8,11H,10H2,(H,18,20). The van der Waals surface area contributed by atoms with E-state index in [0.717, 1.165) is 22.2 Å². The third kappa shape index (κ3) is 2.43. The van der Waals surface area contributed by atoms with Crippen LogP contribution in [0.4, 0.5) is 5.69 Å². The summed E-state index contributed by atoms with van der Waals surface area (Å²) < 4.78 is 0. The van der Waals surface area contributed by atoms with E-state index in [1.54, 1.807) is 6.20 Å². The molecule has 0 aliphatic heterocycles. The Kier molecular flexibility index (Phi) is 3.25. The molecule has 2 aromatic carbocycles. The van der Waals surface area contributed by atoms with Crippen LogP contribution in [0.5, 0.6) is 0 Å². The number of benzene rings is 2. The van der Waals surface area contributed by atoms with Crippen molar-refractivity contribution in [3.8, 4) is 6.07 Å². The summed E-state index contributed by atoms with van der Waals surface area (Å²) in [7, 11) is 0. The molecular weight excluding hydrogens is 248 g/mol. The fourth-order valence-corrected chi connectivity index (χ4v) is 2.04. The van der Waals surface area contributed by atoms with Gasteiger partial charge in [0.2, 0.25) is 0 Å². The summed E-state index contributed by atoms with van der Waals surface area (Å²) in [4.78, 5) is 0. The highest BCUT2D eigenvalue weighted by molar-refractivity contribution is 5.90. The third-order valence-corrected chi connectivity index (χ3v) is 3.11. The van der Waals surface area contributed by atoms with Crippen LogP contribution < -0.4 is 5.32 Å². The summed E-state index contributed by atoms with van der Waals surface area (Å²) in [6.45, 7) is 0.682. The topological polar surface area (TPSA) is 61.6 Å². The van der Waals surface area contributed by atoms with Gasteiger partial charge in [-0.3, -0.25) is 0 Å². The monoisotopic (exact) mass is 260 g/mol. The number of nitrogens with one attached hydrogen (secondary N) is 1. The van der Waals surface area contributed by atoms with Crippen molar-refractivity contribution in [3.63, 3.8) is 0 Å². The summed E-state index contributed by atoms with van der Waals surface area (Å²) in [5.74, 6) is 0. The van der Waals surface area contributed by atoms with Crippen molar-refractivity contribution in [2.24, 2.45) is 0 Å². The van der Waals surface area contributed by atoms with Crippen LogP contribution in [0, 0.1) is 11.3 Å². The molecule has 3 aromatic rings. The molecule has 0 aliphatic carbocycles. The van der Waals surface area contributed by atoms with Gasteiger partial charge in [0.1, 0.15) is 0 Å². The van der Waals surface area contributed by atoms with Gasteiger partial charge in [-0.2, -0.15) is 15.5 Å². The highest BCUT2D eigenvalue weighted by atomic mass is 15.1. The number of hydrogen-bond donors (Lipinski definition) is 1. The molecule has 0 fully saturated rings. The summed E-state index contributed by atoms with van der Waals surface area (Å²) >= 11 is 0. The minimum absolute atomic E-state index is 0.671. The highest BCUT2D eigenvalue weighted by Gasteiger charge is 2.02. The predicted octanol–water partition coefficient (Wildman–Crippen LogP) is 3.11. The van der Waals surface area contributed by atoms with Crippen molar-refractivity contribution in [1.29, 1.82) is 5.26 Å². The first-order chi connectivity index (χ1) is 9.86. The van der Waals surface area contributed by atoms with Gasteiger partial charge in [0.05, 0.1) is 29.0 Å². The van der Waals surface area contributed by atoms with Crippen LogP contribution in [0.15, 0.2) is 54.7 Å². The molecule has 1 N–H and O–H groups in total. The molecule has 0 aliphatic rings. The van der Waals surface area contributed by atoms with Gasteiger partial charge in [0.15, 0.2) is 0 Å². The molecule has 0 atom stereocenters. The SMILES string of the molecule is N#Cc1ccc(CNc2cnnc3ccccc23)cc1. The number of nitrogens with zero attached hydrogens (tertiary/aromatic N) is 3. The zero-order valence-corrected chi connectivity index (χ0v) is 10.7. The molecule has 0 unspecified atom stereocenters. The maximum absolute atomic E-state index is 8.77. The fraction of sp³-hybridized carbons (Fsp3) is 0.0625. The lowest BCUT2D eigenvalue weighted by Crippen LogP contribution is -2.01. The molecule has 4 heteroatoms. The second-order valence-electron chi connectivity index (χ2n) is 4.44. The van der Waals surface area contributed by atoms with Gasteiger partial charge in [-0.05, 0) is 23.8 Å². The molecule has 0 radical (unpaired) electrons.